The molecular weight excluding hydrogens is 231 g/mol. The summed E-state index contributed by atoms with van der Waals surface area (Å²) in [5.41, 5.74) is 1.09. The zero-order chi connectivity index (χ0) is 12.8. The number of halogens is 1. The molecule has 4 nitrogen and oxygen atoms in total. The third-order valence-electron chi connectivity index (χ3n) is 2.51. The van der Waals surface area contributed by atoms with Gasteiger partial charge in [-0.3, -0.25) is 0 Å². The van der Waals surface area contributed by atoms with Gasteiger partial charge < -0.3 is 10.6 Å². The van der Waals surface area contributed by atoms with E-state index in [1.807, 2.05) is 6.07 Å². The summed E-state index contributed by atoms with van der Waals surface area (Å²) in [6, 6.07) is 8.33. The van der Waals surface area contributed by atoms with Crippen molar-refractivity contribution < 1.29 is 4.39 Å². The Morgan fingerprint density at radius 3 is 2.67 bits per heavy atom. The molecule has 18 heavy (non-hydrogen) atoms. The van der Waals surface area contributed by atoms with Gasteiger partial charge in [0.25, 0.3) is 0 Å². The number of nitrogens with one attached hydrogen (secondary N) is 2. The van der Waals surface area contributed by atoms with Crippen LogP contribution in [-0.2, 0) is 6.42 Å². The maximum absolute atomic E-state index is 12.7. The van der Waals surface area contributed by atoms with Crippen molar-refractivity contribution in [2.75, 3.05) is 24.2 Å². The molecule has 1 aromatic carbocycles. The minimum Gasteiger partial charge on any atom is -0.370 e. The van der Waals surface area contributed by atoms with E-state index in [1.165, 1.54) is 12.1 Å². The van der Waals surface area contributed by atoms with E-state index < -0.39 is 0 Å². The first-order valence-electron chi connectivity index (χ1n) is 5.77. The number of nitrogens with zero attached hydrogens (tertiary/aromatic N) is 2. The van der Waals surface area contributed by atoms with Crippen molar-refractivity contribution in [1.29, 1.82) is 0 Å². The molecule has 0 radical (unpaired) electrons. The van der Waals surface area contributed by atoms with Gasteiger partial charge in [-0.2, -0.15) is 4.98 Å². The lowest BCUT2D eigenvalue weighted by Crippen LogP contribution is -2.07. The van der Waals surface area contributed by atoms with Gasteiger partial charge in [0.1, 0.15) is 11.6 Å². The van der Waals surface area contributed by atoms with Crippen molar-refractivity contribution in [3.8, 4) is 0 Å². The van der Waals surface area contributed by atoms with Crippen LogP contribution in [0.1, 0.15) is 5.56 Å². The molecular formula is C13H15FN4. The minimum absolute atomic E-state index is 0.207. The highest BCUT2D eigenvalue weighted by Crippen LogP contribution is 2.07. The Balaban J connectivity index is 1.86. The summed E-state index contributed by atoms with van der Waals surface area (Å²) in [4.78, 5) is 8.27. The normalized spacial score (nSPS) is 10.1. The van der Waals surface area contributed by atoms with Crippen molar-refractivity contribution in [2.24, 2.45) is 0 Å². The molecule has 1 aromatic heterocycles. The van der Waals surface area contributed by atoms with Gasteiger partial charge in [-0.15, -0.1) is 0 Å². The molecule has 94 valence electrons. The zero-order valence-electron chi connectivity index (χ0n) is 10.2. The Morgan fingerprint density at radius 1 is 1.17 bits per heavy atom. The Kier molecular flexibility index (Phi) is 4.06. The maximum atomic E-state index is 12.7. The van der Waals surface area contributed by atoms with E-state index >= 15 is 0 Å². The summed E-state index contributed by atoms with van der Waals surface area (Å²) in [6.45, 7) is 0.742. The number of benzene rings is 1. The van der Waals surface area contributed by atoms with Crippen LogP contribution in [0.2, 0.25) is 0 Å². The highest BCUT2D eigenvalue weighted by Gasteiger charge is 1.97. The van der Waals surface area contributed by atoms with Gasteiger partial charge in [-0.25, -0.2) is 9.37 Å². The smallest absolute Gasteiger partial charge is 0.224 e. The van der Waals surface area contributed by atoms with Crippen LogP contribution in [0.3, 0.4) is 0 Å². The van der Waals surface area contributed by atoms with Crippen molar-refractivity contribution in [3.05, 3.63) is 47.9 Å². The molecule has 0 unspecified atom stereocenters. The van der Waals surface area contributed by atoms with Gasteiger partial charge in [-0.1, -0.05) is 12.1 Å². The summed E-state index contributed by atoms with van der Waals surface area (Å²) >= 11 is 0. The molecule has 0 aliphatic heterocycles. The Bertz CT molecular complexity index is 499. The standard InChI is InChI=1S/C13H15FN4/c1-15-13-17-9-7-12(18-13)16-8-6-10-2-4-11(14)5-3-10/h2-5,7,9H,6,8H2,1H3,(H2,15,16,17,18). The van der Waals surface area contributed by atoms with Gasteiger partial charge in [0, 0.05) is 19.8 Å². The third kappa shape index (κ3) is 3.41. The second-order valence-electron chi connectivity index (χ2n) is 3.82. The fourth-order valence-corrected chi connectivity index (χ4v) is 1.56. The number of rotatable bonds is 5. The van der Waals surface area contributed by atoms with Crippen molar-refractivity contribution in [2.45, 2.75) is 6.42 Å². The molecule has 0 aliphatic rings. The van der Waals surface area contributed by atoms with E-state index in [1.54, 1.807) is 25.4 Å². The van der Waals surface area contributed by atoms with E-state index in [2.05, 4.69) is 20.6 Å². The Morgan fingerprint density at radius 2 is 1.94 bits per heavy atom. The molecule has 0 atom stereocenters. The predicted molar refractivity (Wildman–Crippen MR) is 70.2 cm³/mol. The summed E-state index contributed by atoms with van der Waals surface area (Å²) in [5, 5.41) is 6.08. The zero-order valence-corrected chi connectivity index (χ0v) is 10.2. The summed E-state index contributed by atoms with van der Waals surface area (Å²) < 4.78 is 12.7. The van der Waals surface area contributed by atoms with Gasteiger partial charge in [-0.05, 0) is 30.2 Å². The van der Waals surface area contributed by atoms with Gasteiger partial charge in [0.15, 0.2) is 0 Å². The van der Waals surface area contributed by atoms with Crippen molar-refractivity contribution in [1.82, 2.24) is 9.97 Å². The van der Waals surface area contributed by atoms with E-state index in [0.717, 1.165) is 24.3 Å². The number of aromatic nitrogens is 2. The first-order chi connectivity index (χ1) is 8.78. The SMILES string of the molecule is CNc1nccc(NCCc2ccc(F)cc2)n1. The van der Waals surface area contributed by atoms with Gasteiger partial charge in [0.05, 0.1) is 0 Å². The fraction of sp³-hybridized carbons (Fsp3) is 0.231. The molecule has 2 rings (SSSR count). The lowest BCUT2D eigenvalue weighted by Gasteiger charge is -2.06. The summed E-state index contributed by atoms with van der Waals surface area (Å²) in [6.07, 6.45) is 2.51. The lowest BCUT2D eigenvalue weighted by molar-refractivity contribution is 0.627. The molecule has 0 spiro atoms. The predicted octanol–water partition coefficient (Wildman–Crippen LogP) is 2.31. The van der Waals surface area contributed by atoms with Crippen LogP contribution in [0.5, 0.6) is 0 Å². The second-order valence-corrected chi connectivity index (χ2v) is 3.82. The van der Waals surface area contributed by atoms with E-state index in [9.17, 15) is 4.39 Å². The van der Waals surface area contributed by atoms with Crippen molar-refractivity contribution >= 4 is 11.8 Å². The molecule has 0 saturated heterocycles. The molecule has 0 amide bonds. The van der Waals surface area contributed by atoms with Crippen LogP contribution in [0.15, 0.2) is 36.5 Å². The average molecular weight is 246 g/mol. The first kappa shape index (κ1) is 12.3. The molecule has 0 aliphatic carbocycles. The van der Waals surface area contributed by atoms with E-state index in [-0.39, 0.29) is 5.82 Å². The van der Waals surface area contributed by atoms with Crippen LogP contribution >= 0.6 is 0 Å². The largest absolute Gasteiger partial charge is 0.370 e. The molecule has 0 fully saturated rings. The lowest BCUT2D eigenvalue weighted by atomic mass is 10.1. The topological polar surface area (TPSA) is 49.8 Å². The molecule has 5 heteroatoms. The van der Waals surface area contributed by atoms with Crippen LogP contribution in [0, 0.1) is 5.82 Å². The van der Waals surface area contributed by atoms with Crippen LogP contribution in [0.25, 0.3) is 0 Å². The van der Waals surface area contributed by atoms with Crippen LogP contribution in [-0.4, -0.2) is 23.6 Å². The molecule has 1 heterocycles. The quantitative estimate of drug-likeness (QED) is 0.850. The van der Waals surface area contributed by atoms with E-state index in [0.29, 0.717) is 5.95 Å². The number of anilines is 2. The number of hydrogen-bond donors (Lipinski definition) is 2. The first-order valence-corrected chi connectivity index (χ1v) is 5.77. The number of hydrogen-bond acceptors (Lipinski definition) is 4. The molecule has 0 saturated carbocycles. The molecule has 2 N–H and O–H groups in total. The summed E-state index contributed by atoms with van der Waals surface area (Å²) in [5.74, 6) is 1.15. The van der Waals surface area contributed by atoms with Crippen molar-refractivity contribution in [3.63, 3.8) is 0 Å². The van der Waals surface area contributed by atoms with Crippen LogP contribution < -0.4 is 10.6 Å². The van der Waals surface area contributed by atoms with E-state index in [4.69, 9.17) is 0 Å². The Labute approximate surface area is 105 Å². The van der Waals surface area contributed by atoms with Gasteiger partial charge >= 0.3 is 0 Å². The second kappa shape index (κ2) is 5.95. The highest BCUT2D eigenvalue weighted by atomic mass is 19.1. The third-order valence-corrected chi connectivity index (χ3v) is 2.51. The molecule has 0 bridgehead atoms. The summed E-state index contributed by atoms with van der Waals surface area (Å²) in [7, 11) is 1.78. The van der Waals surface area contributed by atoms with Gasteiger partial charge in [0.2, 0.25) is 5.95 Å². The molecule has 2 aromatic rings. The average Bonchev–Trinajstić information content (AvgIpc) is 2.41. The Hall–Kier alpha value is -2.17. The minimum atomic E-state index is -0.207. The monoisotopic (exact) mass is 246 g/mol. The highest BCUT2D eigenvalue weighted by molar-refractivity contribution is 5.39. The maximum Gasteiger partial charge on any atom is 0.224 e. The fourth-order valence-electron chi connectivity index (χ4n) is 1.56. The van der Waals surface area contributed by atoms with Crippen LogP contribution in [0.4, 0.5) is 16.2 Å².